The molecule has 136 valence electrons. The van der Waals surface area contributed by atoms with Crippen molar-refractivity contribution in [2.45, 2.75) is 70.1 Å². The molecule has 2 fully saturated rings. The zero-order valence-corrected chi connectivity index (χ0v) is 15.3. The molecular weight excluding hydrogens is 302 g/mol. The lowest BCUT2D eigenvalue weighted by molar-refractivity contribution is -0.968. The topological polar surface area (TPSA) is 49.7 Å². The fourth-order valence-electron chi connectivity index (χ4n) is 4.53. The first-order valence-corrected chi connectivity index (χ1v) is 9.21. The average Bonchev–Trinajstić information content (AvgIpc) is 2.70. The number of hydrogen-bond acceptors (Lipinski definition) is 3. The van der Waals surface area contributed by atoms with Crippen LogP contribution in [0.3, 0.4) is 0 Å². The Bertz CT molecular complexity index is 474. The second-order valence-corrected chi connectivity index (χ2v) is 7.62. The van der Waals surface area contributed by atoms with Crippen LogP contribution in [0.4, 0.5) is 0 Å². The molecule has 2 heterocycles. The Morgan fingerprint density at radius 1 is 1.25 bits per heavy atom. The molecule has 2 aliphatic heterocycles. The molecule has 0 aliphatic carbocycles. The smallest absolute Gasteiger partial charge is 0.163 e. The minimum atomic E-state index is -0.964. The highest BCUT2D eigenvalue weighted by atomic mass is 16.6. The van der Waals surface area contributed by atoms with E-state index >= 15 is 0 Å². The summed E-state index contributed by atoms with van der Waals surface area (Å²) in [7, 11) is 2.35. The van der Waals surface area contributed by atoms with Crippen LogP contribution < -0.4 is 0 Å². The molecule has 2 aliphatic rings. The van der Waals surface area contributed by atoms with E-state index in [0.717, 1.165) is 17.3 Å². The number of rotatable bonds is 8. The molecule has 2 saturated heterocycles. The summed E-state index contributed by atoms with van der Waals surface area (Å²) >= 11 is 0. The Labute approximate surface area is 146 Å². The van der Waals surface area contributed by atoms with Gasteiger partial charge in [-0.25, -0.2) is 0 Å². The van der Waals surface area contributed by atoms with Gasteiger partial charge < -0.3 is 19.4 Å². The summed E-state index contributed by atoms with van der Waals surface area (Å²) in [6.07, 6.45) is 12.7. The maximum absolute atomic E-state index is 10.5. The number of piperidine rings is 1. The molecule has 2 rings (SSSR count). The highest BCUT2D eigenvalue weighted by molar-refractivity contribution is 5.10. The van der Waals surface area contributed by atoms with Crippen LogP contribution in [0, 0.1) is 5.92 Å². The number of quaternary nitrogens is 1. The summed E-state index contributed by atoms with van der Waals surface area (Å²) < 4.78 is 7.12. The molecule has 2 bridgehead atoms. The fourth-order valence-corrected chi connectivity index (χ4v) is 4.53. The van der Waals surface area contributed by atoms with E-state index in [-0.39, 0.29) is 12.7 Å². The van der Waals surface area contributed by atoms with Crippen molar-refractivity contribution in [1.29, 1.82) is 0 Å². The summed E-state index contributed by atoms with van der Waals surface area (Å²) in [6.45, 7) is 8.06. The maximum atomic E-state index is 10.5. The van der Waals surface area contributed by atoms with Gasteiger partial charge in [0.25, 0.3) is 0 Å². The molecule has 0 radical (unpaired) electrons. The quantitative estimate of drug-likeness (QED) is 0.407. The molecule has 24 heavy (non-hydrogen) atoms. The number of allylic oxidation sites excluding steroid dienone is 4. The van der Waals surface area contributed by atoms with Crippen LogP contribution in [0.1, 0.15) is 39.5 Å². The number of ether oxygens (including phenoxy) is 1. The Morgan fingerprint density at radius 2 is 2.00 bits per heavy atom. The first-order valence-electron chi connectivity index (χ1n) is 9.21. The van der Waals surface area contributed by atoms with Gasteiger partial charge in [0.2, 0.25) is 0 Å². The SMILES string of the molecule is C=C/C=C\C=C\C(CO)C(O)OC1CC2CCCC1[N+]2(C)C(C)C. The molecule has 0 amide bonds. The summed E-state index contributed by atoms with van der Waals surface area (Å²) in [5, 5.41) is 20.0. The number of aliphatic hydroxyl groups is 2. The van der Waals surface area contributed by atoms with Crippen LogP contribution in [-0.2, 0) is 4.74 Å². The lowest BCUT2D eigenvalue weighted by atomic mass is 9.97. The third kappa shape index (κ3) is 3.83. The first kappa shape index (κ1) is 19.4. The molecule has 4 nitrogen and oxygen atoms in total. The van der Waals surface area contributed by atoms with Crippen LogP contribution in [-0.4, -0.2) is 58.9 Å². The van der Waals surface area contributed by atoms with Gasteiger partial charge in [-0.15, -0.1) is 0 Å². The van der Waals surface area contributed by atoms with Crippen molar-refractivity contribution in [2.24, 2.45) is 5.92 Å². The van der Waals surface area contributed by atoms with Crippen molar-refractivity contribution >= 4 is 0 Å². The number of nitrogens with zero attached hydrogens (tertiary/aromatic N) is 1. The van der Waals surface area contributed by atoms with Crippen LogP contribution in [0.15, 0.2) is 37.0 Å². The molecule has 0 saturated carbocycles. The molecule has 0 aromatic heterocycles. The third-order valence-electron chi connectivity index (χ3n) is 6.19. The lowest BCUT2D eigenvalue weighted by Crippen LogP contribution is -2.61. The summed E-state index contributed by atoms with van der Waals surface area (Å²) in [4.78, 5) is 0. The van der Waals surface area contributed by atoms with Crippen molar-refractivity contribution < 1.29 is 19.4 Å². The highest BCUT2D eigenvalue weighted by Crippen LogP contribution is 2.44. The van der Waals surface area contributed by atoms with Gasteiger partial charge in [-0.05, 0) is 26.7 Å². The van der Waals surface area contributed by atoms with Crippen molar-refractivity contribution in [3.63, 3.8) is 0 Å². The van der Waals surface area contributed by atoms with Gasteiger partial charge in [-0.3, -0.25) is 0 Å². The monoisotopic (exact) mass is 336 g/mol. The predicted molar refractivity (Wildman–Crippen MR) is 97.3 cm³/mol. The molecular formula is C20H34NO3+. The molecule has 0 spiro atoms. The maximum Gasteiger partial charge on any atom is 0.163 e. The van der Waals surface area contributed by atoms with Crippen molar-refractivity contribution in [2.75, 3.05) is 13.7 Å². The Hall–Kier alpha value is -0.940. The molecule has 6 unspecified atom stereocenters. The summed E-state index contributed by atoms with van der Waals surface area (Å²) in [6, 6.07) is 1.63. The van der Waals surface area contributed by atoms with Gasteiger partial charge in [-0.1, -0.05) is 37.0 Å². The van der Waals surface area contributed by atoms with E-state index in [9.17, 15) is 10.2 Å². The van der Waals surface area contributed by atoms with Crippen molar-refractivity contribution in [1.82, 2.24) is 0 Å². The van der Waals surface area contributed by atoms with Gasteiger partial charge >= 0.3 is 0 Å². The molecule has 0 aromatic carbocycles. The second-order valence-electron chi connectivity index (χ2n) is 7.62. The highest BCUT2D eigenvalue weighted by Gasteiger charge is 2.56. The minimum absolute atomic E-state index is 0.0751. The second kappa shape index (κ2) is 8.43. The molecule has 4 heteroatoms. The first-order chi connectivity index (χ1) is 11.4. The van der Waals surface area contributed by atoms with Gasteiger partial charge in [0, 0.05) is 12.8 Å². The van der Waals surface area contributed by atoms with E-state index in [1.54, 1.807) is 12.2 Å². The largest absolute Gasteiger partial charge is 0.396 e. The lowest BCUT2D eigenvalue weighted by Gasteiger charge is -2.48. The van der Waals surface area contributed by atoms with Crippen LogP contribution in [0.25, 0.3) is 0 Å². The Kier molecular flexibility index (Phi) is 6.81. The van der Waals surface area contributed by atoms with Crippen LogP contribution in [0.5, 0.6) is 0 Å². The summed E-state index contributed by atoms with van der Waals surface area (Å²) in [5.41, 5.74) is 0. The van der Waals surface area contributed by atoms with Crippen molar-refractivity contribution in [3.8, 4) is 0 Å². The van der Waals surface area contributed by atoms with Crippen molar-refractivity contribution in [3.05, 3.63) is 37.0 Å². The zero-order chi connectivity index (χ0) is 17.7. The molecule has 6 atom stereocenters. The van der Waals surface area contributed by atoms with Crippen LogP contribution in [0.2, 0.25) is 0 Å². The predicted octanol–water partition coefficient (Wildman–Crippen LogP) is 2.78. The Balaban J connectivity index is 2.03. The zero-order valence-electron chi connectivity index (χ0n) is 15.3. The van der Waals surface area contributed by atoms with Gasteiger partial charge in [-0.2, -0.15) is 0 Å². The number of aliphatic hydroxyl groups excluding tert-OH is 2. The number of likely N-dealkylation sites (N-methyl/N-ethyl adjacent to an activating group) is 1. The molecule has 2 N–H and O–H groups in total. The summed E-state index contributed by atoms with van der Waals surface area (Å²) in [5.74, 6) is -0.405. The Morgan fingerprint density at radius 3 is 2.58 bits per heavy atom. The normalized spacial score (nSPS) is 35.8. The van der Waals surface area contributed by atoms with E-state index in [0.29, 0.717) is 18.1 Å². The van der Waals surface area contributed by atoms with E-state index in [4.69, 9.17) is 4.74 Å². The van der Waals surface area contributed by atoms with E-state index in [1.807, 2.05) is 18.2 Å². The standard InChI is InChI=1S/C20H34NO3/c1-5-6-7-8-10-16(14-22)20(23)24-19-13-17-11-9-12-18(19)21(17,4)15(2)3/h5-8,10,15-20,22-23H,1,9,11-14H2,2-4H3/q+1/b7-6-,10-8+. The number of fused-ring (bicyclic) bond motifs is 2. The molecule has 0 aromatic rings. The number of hydrogen-bond donors (Lipinski definition) is 2. The van der Waals surface area contributed by atoms with Gasteiger partial charge in [0.15, 0.2) is 6.29 Å². The minimum Gasteiger partial charge on any atom is -0.396 e. The van der Waals surface area contributed by atoms with E-state index in [2.05, 4.69) is 27.5 Å². The van der Waals surface area contributed by atoms with E-state index < -0.39 is 12.2 Å². The van der Waals surface area contributed by atoms with E-state index in [1.165, 1.54) is 12.8 Å². The fraction of sp³-hybridized carbons (Fsp3) is 0.700. The van der Waals surface area contributed by atoms with Crippen LogP contribution >= 0.6 is 0 Å². The van der Waals surface area contributed by atoms with Gasteiger partial charge in [0.1, 0.15) is 12.1 Å². The average molecular weight is 336 g/mol. The third-order valence-corrected chi connectivity index (χ3v) is 6.19. The van der Waals surface area contributed by atoms with Gasteiger partial charge in [0.05, 0.1) is 31.7 Å².